The zero-order valence-corrected chi connectivity index (χ0v) is 13.2. The van der Waals surface area contributed by atoms with Gasteiger partial charge in [0.15, 0.2) is 0 Å². The Morgan fingerprint density at radius 3 is 2.58 bits per heavy atom. The van der Waals surface area contributed by atoms with Crippen molar-refractivity contribution in [3.05, 3.63) is 40.0 Å². The maximum absolute atomic E-state index is 5.93. The number of halogens is 1. The van der Waals surface area contributed by atoms with Crippen LogP contribution >= 0.6 is 33.9 Å². The average Bonchev–Trinajstić information content (AvgIpc) is 2.88. The van der Waals surface area contributed by atoms with E-state index in [9.17, 15) is 0 Å². The molecule has 0 bridgehead atoms. The number of nitrogen functional groups attached to an aromatic ring is 1. The number of fused-ring (bicyclic) bond motifs is 1. The number of benzene rings is 2. The van der Waals surface area contributed by atoms with Gasteiger partial charge in [0.2, 0.25) is 0 Å². The predicted molar refractivity (Wildman–Crippen MR) is 88.7 cm³/mol. The van der Waals surface area contributed by atoms with Gasteiger partial charge in [0.1, 0.15) is 10.8 Å². The molecule has 3 rings (SSSR count). The van der Waals surface area contributed by atoms with Gasteiger partial charge in [0, 0.05) is 11.3 Å². The maximum Gasteiger partial charge on any atom is 0.124 e. The van der Waals surface area contributed by atoms with Crippen molar-refractivity contribution in [1.82, 2.24) is 4.98 Å². The van der Waals surface area contributed by atoms with Crippen molar-refractivity contribution >= 4 is 49.8 Å². The molecular formula is C14H11IN2OS. The summed E-state index contributed by atoms with van der Waals surface area (Å²) in [5.41, 5.74) is 8.82. The van der Waals surface area contributed by atoms with Gasteiger partial charge in [-0.15, -0.1) is 11.3 Å². The number of methoxy groups -OCH3 is 1. The van der Waals surface area contributed by atoms with E-state index in [0.29, 0.717) is 0 Å². The minimum atomic E-state index is 0.804. The van der Waals surface area contributed by atoms with Crippen molar-refractivity contribution in [2.24, 2.45) is 0 Å². The Morgan fingerprint density at radius 2 is 1.89 bits per heavy atom. The highest BCUT2D eigenvalue weighted by Crippen LogP contribution is 2.35. The standard InChI is InChI=1S/C14H11IN2OS/c1-18-9-4-2-8(3-5-9)14-17-11-7-6-10(16)12(15)13(11)19-14/h2-7H,16H2,1H3. The Bertz CT molecular complexity index is 737. The van der Waals surface area contributed by atoms with E-state index in [1.54, 1.807) is 18.4 Å². The fourth-order valence-corrected chi connectivity index (χ4v) is 3.64. The Hall–Kier alpha value is -1.34. The molecule has 0 aliphatic rings. The van der Waals surface area contributed by atoms with E-state index in [2.05, 4.69) is 27.6 Å². The third kappa shape index (κ3) is 2.28. The number of anilines is 1. The van der Waals surface area contributed by atoms with Crippen LogP contribution in [-0.2, 0) is 0 Å². The number of ether oxygens (including phenoxy) is 1. The Morgan fingerprint density at radius 1 is 1.16 bits per heavy atom. The molecule has 0 aliphatic heterocycles. The van der Waals surface area contributed by atoms with E-state index in [-0.39, 0.29) is 0 Å². The lowest BCUT2D eigenvalue weighted by molar-refractivity contribution is 0.415. The summed E-state index contributed by atoms with van der Waals surface area (Å²) >= 11 is 3.94. The molecule has 0 unspecified atom stereocenters. The van der Waals surface area contributed by atoms with E-state index >= 15 is 0 Å². The molecule has 0 spiro atoms. The highest BCUT2D eigenvalue weighted by Gasteiger charge is 2.10. The van der Waals surface area contributed by atoms with Crippen LogP contribution in [0.3, 0.4) is 0 Å². The predicted octanol–water partition coefficient (Wildman–Crippen LogP) is 4.16. The number of hydrogen-bond acceptors (Lipinski definition) is 4. The number of rotatable bonds is 2. The topological polar surface area (TPSA) is 48.1 Å². The molecule has 0 saturated carbocycles. The van der Waals surface area contributed by atoms with E-state index in [1.807, 2.05) is 36.4 Å². The minimum absolute atomic E-state index is 0.804. The molecule has 19 heavy (non-hydrogen) atoms. The minimum Gasteiger partial charge on any atom is -0.497 e. The summed E-state index contributed by atoms with van der Waals surface area (Å²) in [6.45, 7) is 0. The van der Waals surface area contributed by atoms with Crippen LogP contribution in [0, 0.1) is 3.57 Å². The van der Waals surface area contributed by atoms with Crippen molar-refractivity contribution in [3.63, 3.8) is 0 Å². The Kier molecular flexibility index (Phi) is 3.32. The van der Waals surface area contributed by atoms with Gasteiger partial charge in [0.25, 0.3) is 0 Å². The van der Waals surface area contributed by atoms with Crippen LogP contribution in [-0.4, -0.2) is 12.1 Å². The van der Waals surface area contributed by atoms with Gasteiger partial charge in [-0.25, -0.2) is 4.98 Å². The smallest absolute Gasteiger partial charge is 0.124 e. The van der Waals surface area contributed by atoms with Crippen molar-refractivity contribution in [3.8, 4) is 16.3 Å². The molecule has 1 aromatic heterocycles. The first kappa shape index (κ1) is 12.7. The van der Waals surface area contributed by atoms with Crippen LogP contribution in [0.2, 0.25) is 0 Å². The first-order valence-electron chi connectivity index (χ1n) is 5.68. The maximum atomic E-state index is 5.93. The summed E-state index contributed by atoms with van der Waals surface area (Å²) in [6.07, 6.45) is 0. The molecule has 0 fully saturated rings. The average molecular weight is 382 g/mol. The summed E-state index contributed by atoms with van der Waals surface area (Å²) < 4.78 is 7.39. The third-order valence-corrected chi connectivity index (χ3v) is 5.53. The molecule has 2 N–H and O–H groups in total. The van der Waals surface area contributed by atoms with Gasteiger partial charge in [-0.1, -0.05) is 0 Å². The molecule has 5 heteroatoms. The molecular weight excluding hydrogens is 371 g/mol. The highest BCUT2D eigenvalue weighted by molar-refractivity contribution is 14.1. The van der Waals surface area contributed by atoms with Crippen LogP contribution in [0.1, 0.15) is 0 Å². The molecule has 0 amide bonds. The summed E-state index contributed by atoms with van der Waals surface area (Å²) in [6, 6.07) is 11.8. The summed E-state index contributed by atoms with van der Waals surface area (Å²) in [4.78, 5) is 4.66. The van der Waals surface area contributed by atoms with E-state index < -0.39 is 0 Å². The second-order valence-electron chi connectivity index (χ2n) is 4.06. The summed E-state index contributed by atoms with van der Waals surface area (Å²) in [5, 5.41) is 1.00. The number of hydrogen-bond donors (Lipinski definition) is 1. The summed E-state index contributed by atoms with van der Waals surface area (Å²) in [5.74, 6) is 0.851. The van der Waals surface area contributed by atoms with Gasteiger partial charge in [-0.05, 0) is 59.0 Å². The highest BCUT2D eigenvalue weighted by atomic mass is 127. The lowest BCUT2D eigenvalue weighted by Gasteiger charge is -1.99. The number of nitrogens with zero attached hydrogens (tertiary/aromatic N) is 1. The largest absolute Gasteiger partial charge is 0.497 e. The van der Waals surface area contributed by atoms with Gasteiger partial charge < -0.3 is 10.5 Å². The Balaban J connectivity index is 2.12. The zero-order valence-electron chi connectivity index (χ0n) is 10.2. The lowest BCUT2D eigenvalue weighted by Crippen LogP contribution is -1.87. The molecule has 3 aromatic rings. The van der Waals surface area contributed by atoms with Crippen LogP contribution in [0.25, 0.3) is 20.8 Å². The molecule has 96 valence electrons. The molecule has 0 saturated heterocycles. The third-order valence-electron chi connectivity index (χ3n) is 2.86. The molecule has 0 radical (unpaired) electrons. The van der Waals surface area contributed by atoms with Crippen molar-refractivity contribution < 1.29 is 4.74 Å². The normalized spacial score (nSPS) is 10.8. The molecule has 2 aromatic carbocycles. The van der Waals surface area contributed by atoms with Gasteiger partial charge in [-0.3, -0.25) is 0 Å². The fraction of sp³-hybridized carbons (Fsp3) is 0.0714. The summed E-state index contributed by atoms with van der Waals surface area (Å²) in [7, 11) is 1.66. The quantitative estimate of drug-likeness (QED) is 0.535. The van der Waals surface area contributed by atoms with Gasteiger partial charge in [0.05, 0.1) is 20.9 Å². The SMILES string of the molecule is COc1ccc(-c2nc3ccc(N)c(I)c3s2)cc1. The fourth-order valence-electron chi connectivity index (χ4n) is 1.83. The monoisotopic (exact) mass is 382 g/mol. The first-order chi connectivity index (χ1) is 9.19. The Labute approximate surface area is 128 Å². The number of aromatic nitrogens is 1. The second kappa shape index (κ2) is 4.97. The van der Waals surface area contributed by atoms with Crippen molar-refractivity contribution in [2.75, 3.05) is 12.8 Å². The van der Waals surface area contributed by atoms with Crippen LogP contribution in [0.15, 0.2) is 36.4 Å². The van der Waals surface area contributed by atoms with E-state index in [1.165, 1.54) is 0 Å². The van der Waals surface area contributed by atoms with E-state index in [0.717, 1.165) is 35.8 Å². The number of nitrogens with two attached hydrogens (primary N) is 1. The van der Waals surface area contributed by atoms with Crippen LogP contribution in [0.5, 0.6) is 5.75 Å². The van der Waals surface area contributed by atoms with Crippen LogP contribution < -0.4 is 10.5 Å². The first-order valence-corrected chi connectivity index (χ1v) is 7.57. The van der Waals surface area contributed by atoms with Crippen molar-refractivity contribution in [1.29, 1.82) is 0 Å². The zero-order chi connectivity index (χ0) is 13.4. The molecule has 0 atom stereocenters. The van der Waals surface area contributed by atoms with E-state index in [4.69, 9.17) is 10.5 Å². The van der Waals surface area contributed by atoms with Gasteiger partial charge >= 0.3 is 0 Å². The molecule has 1 heterocycles. The second-order valence-corrected chi connectivity index (χ2v) is 6.14. The van der Waals surface area contributed by atoms with Crippen molar-refractivity contribution in [2.45, 2.75) is 0 Å². The van der Waals surface area contributed by atoms with Crippen LogP contribution in [0.4, 0.5) is 5.69 Å². The molecule has 0 aliphatic carbocycles. The number of thiazole rings is 1. The van der Waals surface area contributed by atoms with Gasteiger partial charge in [-0.2, -0.15) is 0 Å². The molecule has 3 nitrogen and oxygen atoms in total. The lowest BCUT2D eigenvalue weighted by atomic mass is 10.2.